The summed E-state index contributed by atoms with van der Waals surface area (Å²) in [6.45, 7) is 6.37. The number of nitrogens with zero attached hydrogens (tertiary/aromatic N) is 2. The molecule has 1 aromatic heterocycles. The van der Waals surface area contributed by atoms with E-state index in [0.717, 1.165) is 13.1 Å². The molecule has 5 heteroatoms. The Morgan fingerprint density at radius 2 is 1.75 bits per heavy atom. The number of halogens is 1. The van der Waals surface area contributed by atoms with Crippen LogP contribution in [0, 0.1) is 0 Å². The molecule has 0 saturated carbocycles. The highest BCUT2D eigenvalue weighted by atomic mass is 79.9. The minimum atomic E-state index is 0. The van der Waals surface area contributed by atoms with Gasteiger partial charge in [-0.2, -0.15) is 4.57 Å². The van der Waals surface area contributed by atoms with Gasteiger partial charge in [0.1, 0.15) is 11.2 Å². The molecule has 0 saturated heterocycles. The van der Waals surface area contributed by atoms with Crippen molar-refractivity contribution < 1.29 is 21.5 Å². The van der Waals surface area contributed by atoms with Gasteiger partial charge in [-0.1, -0.05) is 65.6 Å². The maximum Gasteiger partial charge on any atom is 0.262 e. The van der Waals surface area contributed by atoms with Crippen LogP contribution in [-0.4, -0.2) is 6.54 Å². The fourth-order valence-corrected chi connectivity index (χ4v) is 5.62. The van der Waals surface area contributed by atoms with E-state index < -0.39 is 0 Å². The van der Waals surface area contributed by atoms with Gasteiger partial charge < -0.3 is 21.9 Å². The summed E-state index contributed by atoms with van der Waals surface area (Å²) in [6, 6.07) is 17.2. The van der Waals surface area contributed by atoms with Crippen molar-refractivity contribution in [1.29, 1.82) is 0 Å². The number of aryl methyl sites for hydroxylation is 1. The number of hydrogen-bond donors (Lipinski definition) is 0. The van der Waals surface area contributed by atoms with E-state index in [1.165, 1.54) is 30.8 Å². The first-order chi connectivity index (χ1) is 13.3. The Morgan fingerprint density at radius 3 is 2.57 bits per heavy atom. The predicted octanol–water partition coefficient (Wildman–Crippen LogP) is 3.26. The van der Waals surface area contributed by atoms with Crippen LogP contribution in [0.2, 0.25) is 0 Å². The van der Waals surface area contributed by atoms with Crippen molar-refractivity contribution in [2.75, 3.05) is 11.4 Å². The largest absolute Gasteiger partial charge is 1.00 e. The Bertz CT molecular complexity index is 1050. The van der Waals surface area contributed by atoms with Crippen LogP contribution in [-0.2, 0) is 6.54 Å². The molecular weight excluding hydrogens is 448 g/mol. The van der Waals surface area contributed by atoms with Crippen molar-refractivity contribution in [1.82, 2.24) is 0 Å². The van der Waals surface area contributed by atoms with Crippen LogP contribution in [0.25, 0.3) is 16.3 Å². The van der Waals surface area contributed by atoms with E-state index in [4.69, 9.17) is 0 Å². The van der Waals surface area contributed by atoms with Gasteiger partial charge in [0.15, 0.2) is 0 Å². The summed E-state index contributed by atoms with van der Waals surface area (Å²) >= 11 is 3.68. The highest BCUT2D eigenvalue weighted by Gasteiger charge is 2.22. The highest BCUT2D eigenvalue weighted by Crippen LogP contribution is 2.45. The third-order valence-electron chi connectivity index (χ3n) is 4.61. The first kappa shape index (κ1) is 20.9. The zero-order valence-corrected chi connectivity index (χ0v) is 19.2. The van der Waals surface area contributed by atoms with Gasteiger partial charge in [0, 0.05) is 23.6 Å². The molecule has 2 heterocycles. The number of fused-ring (bicyclic) bond motifs is 2. The highest BCUT2D eigenvalue weighted by molar-refractivity contribution is 8.03. The van der Waals surface area contributed by atoms with Gasteiger partial charge in [-0.25, -0.2) is 0 Å². The van der Waals surface area contributed by atoms with E-state index in [1.54, 1.807) is 0 Å². The summed E-state index contributed by atoms with van der Waals surface area (Å²) in [4.78, 5) is 3.70. The normalized spacial score (nSPS) is 15.1. The maximum absolute atomic E-state index is 2.37. The van der Waals surface area contributed by atoms with Crippen molar-refractivity contribution in [3.63, 3.8) is 0 Å². The fraction of sp³-hybridized carbons (Fsp3) is 0.174. The Kier molecular flexibility index (Phi) is 7.16. The summed E-state index contributed by atoms with van der Waals surface area (Å²) < 4.78 is 3.70. The monoisotopic (exact) mass is 470 g/mol. The average molecular weight is 471 g/mol. The Balaban J connectivity index is 0.00000225. The minimum Gasteiger partial charge on any atom is -1.00 e. The number of allylic oxidation sites excluding steroid dienone is 4. The summed E-state index contributed by atoms with van der Waals surface area (Å²) in [7, 11) is 0. The van der Waals surface area contributed by atoms with Crippen LogP contribution < -0.4 is 26.4 Å². The number of para-hydroxylation sites is 2. The van der Waals surface area contributed by atoms with Gasteiger partial charge >= 0.3 is 0 Å². The first-order valence-electron chi connectivity index (χ1n) is 9.32. The van der Waals surface area contributed by atoms with E-state index in [-0.39, 0.29) is 17.0 Å². The summed E-state index contributed by atoms with van der Waals surface area (Å²) in [5.74, 6) is 0. The third kappa shape index (κ3) is 4.12. The second-order valence-corrected chi connectivity index (χ2v) is 8.34. The van der Waals surface area contributed by atoms with Crippen molar-refractivity contribution in [3.8, 4) is 0 Å². The zero-order valence-electron chi connectivity index (χ0n) is 16.0. The lowest BCUT2D eigenvalue weighted by molar-refractivity contribution is -0.665. The average Bonchev–Trinajstić information content (AvgIpc) is 3.24. The molecule has 3 aromatic rings. The van der Waals surface area contributed by atoms with Gasteiger partial charge in [-0.15, -0.1) is 0 Å². The molecule has 1 aliphatic heterocycles. The van der Waals surface area contributed by atoms with Crippen LogP contribution >= 0.6 is 23.1 Å². The van der Waals surface area contributed by atoms with Crippen LogP contribution in [0.5, 0.6) is 0 Å². The molecule has 0 fully saturated rings. The number of benzene rings is 2. The molecule has 2 nitrogen and oxygen atoms in total. The van der Waals surface area contributed by atoms with Gasteiger partial charge in [0.25, 0.3) is 5.01 Å². The van der Waals surface area contributed by atoms with Crippen molar-refractivity contribution >= 4 is 45.1 Å². The van der Waals surface area contributed by atoms with Crippen molar-refractivity contribution in [3.05, 3.63) is 82.9 Å². The molecule has 0 N–H and O–H groups in total. The summed E-state index contributed by atoms with van der Waals surface area (Å²) in [5, 5.41) is 2.57. The number of thiazole rings is 1. The Morgan fingerprint density at radius 1 is 0.964 bits per heavy atom. The zero-order chi connectivity index (χ0) is 18.6. The maximum atomic E-state index is 2.37. The van der Waals surface area contributed by atoms with E-state index in [1.807, 2.05) is 23.1 Å². The quantitative estimate of drug-likeness (QED) is 0.417. The number of anilines is 1. The SMILES string of the molecule is CCN1\C(=C/C=C/C=C/c2sc3ccccc3[n+]2CC)Sc2ccccc21.[Br-]. The van der Waals surface area contributed by atoms with Crippen LogP contribution in [0.15, 0.2) is 82.8 Å². The molecule has 1 aliphatic rings. The lowest BCUT2D eigenvalue weighted by Crippen LogP contribution is -3.00. The Hall–Kier alpha value is -1.82. The van der Waals surface area contributed by atoms with Gasteiger partial charge in [0.2, 0.25) is 5.52 Å². The molecule has 4 rings (SSSR count). The van der Waals surface area contributed by atoms with Gasteiger partial charge in [0.05, 0.1) is 10.7 Å². The molecule has 0 spiro atoms. The second-order valence-electron chi connectivity index (χ2n) is 6.22. The molecular formula is C23H23BrN2S2. The molecule has 0 amide bonds. The topological polar surface area (TPSA) is 7.12 Å². The van der Waals surface area contributed by atoms with E-state index in [2.05, 4.69) is 102 Å². The number of thioether (sulfide) groups is 1. The molecule has 144 valence electrons. The third-order valence-corrected chi connectivity index (χ3v) is 6.87. The Labute approximate surface area is 185 Å². The molecule has 0 bridgehead atoms. The summed E-state index contributed by atoms with van der Waals surface area (Å²) in [5.41, 5.74) is 2.63. The minimum absolute atomic E-state index is 0. The molecule has 28 heavy (non-hydrogen) atoms. The molecule has 0 atom stereocenters. The van der Waals surface area contributed by atoms with Crippen molar-refractivity contribution in [2.45, 2.75) is 25.3 Å². The lowest BCUT2D eigenvalue weighted by Gasteiger charge is -2.17. The van der Waals surface area contributed by atoms with Gasteiger partial charge in [-0.05, 0) is 38.1 Å². The smallest absolute Gasteiger partial charge is 0.262 e. The number of hydrogen-bond acceptors (Lipinski definition) is 3. The second kappa shape index (κ2) is 9.59. The number of aromatic nitrogens is 1. The predicted molar refractivity (Wildman–Crippen MR) is 119 cm³/mol. The van der Waals surface area contributed by atoms with Crippen LogP contribution in [0.4, 0.5) is 5.69 Å². The van der Waals surface area contributed by atoms with Crippen molar-refractivity contribution in [2.24, 2.45) is 0 Å². The molecule has 0 radical (unpaired) electrons. The first-order valence-corrected chi connectivity index (χ1v) is 11.0. The molecule has 0 aliphatic carbocycles. The van der Waals surface area contributed by atoms with Gasteiger partial charge in [-0.3, -0.25) is 0 Å². The standard InChI is InChI=1S/C23H23N2S2.BrH/c1-3-24-18-12-8-10-14-20(18)26-22(24)16-6-5-7-17-23-25(4-2)19-13-9-11-15-21(19)27-23;/h5-17H,3-4H2,1-2H3;1H/q+1;/p-1. The molecule has 2 aromatic carbocycles. The van der Waals surface area contributed by atoms with Crippen LogP contribution in [0.1, 0.15) is 18.9 Å². The number of rotatable bonds is 5. The van der Waals surface area contributed by atoms with Crippen LogP contribution in [0.3, 0.4) is 0 Å². The van der Waals surface area contributed by atoms with E-state index >= 15 is 0 Å². The van der Waals surface area contributed by atoms with E-state index in [0.29, 0.717) is 0 Å². The van der Waals surface area contributed by atoms with E-state index in [9.17, 15) is 0 Å². The molecule has 0 unspecified atom stereocenters. The fourth-order valence-electron chi connectivity index (χ4n) is 3.35. The summed E-state index contributed by atoms with van der Waals surface area (Å²) in [6.07, 6.45) is 10.8. The lowest BCUT2D eigenvalue weighted by atomic mass is 10.3.